The number of aromatic nitrogens is 1. The lowest BCUT2D eigenvalue weighted by Crippen LogP contribution is -2.36. The van der Waals surface area contributed by atoms with Crippen molar-refractivity contribution in [1.29, 1.82) is 0 Å². The SMILES string of the molecule is CCCNC(C)c1cccnc1N1CCC2CCCCC21. The van der Waals surface area contributed by atoms with Gasteiger partial charge >= 0.3 is 0 Å². The highest BCUT2D eigenvalue weighted by molar-refractivity contribution is 5.50. The van der Waals surface area contributed by atoms with Crippen LogP contribution in [0.25, 0.3) is 0 Å². The number of anilines is 1. The molecule has 2 fully saturated rings. The van der Waals surface area contributed by atoms with Crippen LogP contribution in [0.1, 0.15) is 64.0 Å². The highest BCUT2D eigenvalue weighted by Gasteiger charge is 2.37. The summed E-state index contributed by atoms with van der Waals surface area (Å²) in [4.78, 5) is 7.38. The van der Waals surface area contributed by atoms with Crippen LogP contribution in [-0.2, 0) is 0 Å². The van der Waals surface area contributed by atoms with Gasteiger partial charge in [0.05, 0.1) is 0 Å². The average Bonchev–Trinajstić information content (AvgIpc) is 2.96. The molecule has 0 amide bonds. The number of pyridine rings is 1. The second-order valence-electron chi connectivity index (χ2n) is 6.69. The van der Waals surface area contributed by atoms with Crippen molar-refractivity contribution in [2.24, 2.45) is 5.92 Å². The van der Waals surface area contributed by atoms with Gasteiger partial charge in [0, 0.05) is 30.4 Å². The monoisotopic (exact) mass is 287 g/mol. The molecule has 3 atom stereocenters. The van der Waals surface area contributed by atoms with Gasteiger partial charge in [-0.05, 0) is 51.1 Å². The van der Waals surface area contributed by atoms with Crippen LogP contribution < -0.4 is 10.2 Å². The lowest BCUT2D eigenvalue weighted by molar-refractivity contribution is 0.341. The first-order valence-corrected chi connectivity index (χ1v) is 8.76. The molecule has 1 N–H and O–H groups in total. The van der Waals surface area contributed by atoms with Crippen molar-refractivity contribution in [3.63, 3.8) is 0 Å². The molecule has 1 saturated heterocycles. The van der Waals surface area contributed by atoms with Crippen molar-refractivity contribution >= 4 is 5.82 Å². The zero-order valence-electron chi connectivity index (χ0n) is 13.5. The molecule has 3 rings (SSSR count). The predicted molar refractivity (Wildman–Crippen MR) is 88.7 cm³/mol. The molecule has 2 heterocycles. The lowest BCUT2D eigenvalue weighted by atomic mass is 9.85. The molecule has 3 nitrogen and oxygen atoms in total. The average molecular weight is 287 g/mol. The summed E-state index contributed by atoms with van der Waals surface area (Å²) in [6, 6.07) is 5.46. The normalized spacial score (nSPS) is 26.7. The van der Waals surface area contributed by atoms with Gasteiger partial charge in [-0.2, -0.15) is 0 Å². The smallest absolute Gasteiger partial charge is 0.133 e. The highest BCUT2D eigenvalue weighted by atomic mass is 15.2. The van der Waals surface area contributed by atoms with Crippen molar-refractivity contribution in [3.05, 3.63) is 23.9 Å². The Bertz CT molecular complexity index is 460. The first-order chi connectivity index (χ1) is 10.3. The third kappa shape index (κ3) is 3.08. The van der Waals surface area contributed by atoms with E-state index in [-0.39, 0.29) is 0 Å². The highest BCUT2D eigenvalue weighted by Crippen LogP contribution is 2.39. The first-order valence-electron chi connectivity index (χ1n) is 8.76. The summed E-state index contributed by atoms with van der Waals surface area (Å²) < 4.78 is 0. The maximum absolute atomic E-state index is 4.77. The van der Waals surface area contributed by atoms with E-state index >= 15 is 0 Å². The van der Waals surface area contributed by atoms with Crippen molar-refractivity contribution in [2.45, 2.75) is 64.5 Å². The molecule has 0 bridgehead atoms. The van der Waals surface area contributed by atoms with Crippen molar-refractivity contribution in [2.75, 3.05) is 18.0 Å². The topological polar surface area (TPSA) is 28.2 Å². The maximum Gasteiger partial charge on any atom is 0.133 e. The fourth-order valence-electron chi connectivity index (χ4n) is 4.13. The molecular weight excluding hydrogens is 258 g/mol. The molecule has 3 heteroatoms. The Kier molecular flexibility index (Phi) is 4.79. The number of fused-ring (bicyclic) bond motifs is 1. The molecule has 0 radical (unpaired) electrons. The molecule has 1 aliphatic heterocycles. The van der Waals surface area contributed by atoms with E-state index in [1.165, 1.54) is 56.5 Å². The van der Waals surface area contributed by atoms with Crippen LogP contribution in [0.5, 0.6) is 0 Å². The molecule has 0 aromatic carbocycles. The minimum Gasteiger partial charge on any atom is -0.353 e. The Hall–Kier alpha value is -1.09. The van der Waals surface area contributed by atoms with Crippen LogP contribution in [0.2, 0.25) is 0 Å². The Morgan fingerprint density at radius 3 is 3.05 bits per heavy atom. The van der Waals surface area contributed by atoms with E-state index in [0.717, 1.165) is 18.5 Å². The van der Waals surface area contributed by atoms with E-state index < -0.39 is 0 Å². The van der Waals surface area contributed by atoms with Crippen LogP contribution >= 0.6 is 0 Å². The minimum atomic E-state index is 0.385. The minimum absolute atomic E-state index is 0.385. The van der Waals surface area contributed by atoms with Crippen molar-refractivity contribution in [1.82, 2.24) is 10.3 Å². The van der Waals surface area contributed by atoms with Crippen LogP contribution in [0.15, 0.2) is 18.3 Å². The molecule has 1 aromatic heterocycles. The third-order valence-corrected chi connectivity index (χ3v) is 5.27. The summed E-state index contributed by atoms with van der Waals surface area (Å²) in [5.74, 6) is 2.15. The van der Waals surface area contributed by atoms with E-state index in [1.807, 2.05) is 6.20 Å². The number of hydrogen-bond acceptors (Lipinski definition) is 3. The van der Waals surface area contributed by atoms with Crippen LogP contribution in [-0.4, -0.2) is 24.1 Å². The van der Waals surface area contributed by atoms with Gasteiger partial charge in [0.25, 0.3) is 0 Å². The predicted octanol–water partition coefficient (Wildman–Crippen LogP) is 3.91. The Labute approximate surface area is 129 Å². The molecule has 1 saturated carbocycles. The number of rotatable bonds is 5. The molecule has 2 aliphatic rings. The van der Waals surface area contributed by atoms with E-state index in [4.69, 9.17) is 4.98 Å². The van der Waals surface area contributed by atoms with Gasteiger partial charge in [-0.1, -0.05) is 25.8 Å². The van der Waals surface area contributed by atoms with Gasteiger partial charge in [0.15, 0.2) is 0 Å². The maximum atomic E-state index is 4.77. The molecule has 116 valence electrons. The molecule has 0 spiro atoms. The van der Waals surface area contributed by atoms with Crippen LogP contribution in [0.3, 0.4) is 0 Å². The van der Waals surface area contributed by atoms with Gasteiger partial charge < -0.3 is 10.2 Å². The summed E-state index contributed by atoms with van der Waals surface area (Å²) >= 11 is 0. The fourth-order valence-corrected chi connectivity index (χ4v) is 4.13. The van der Waals surface area contributed by atoms with Gasteiger partial charge in [0.1, 0.15) is 5.82 Å². The largest absolute Gasteiger partial charge is 0.353 e. The molecule has 1 aromatic rings. The van der Waals surface area contributed by atoms with Gasteiger partial charge in [-0.25, -0.2) is 4.98 Å². The molecule has 1 aliphatic carbocycles. The van der Waals surface area contributed by atoms with Crippen LogP contribution in [0.4, 0.5) is 5.82 Å². The molecular formula is C18H29N3. The summed E-state index contributed by atoms with van der Waals surface area (Å²) in [6.45, 7) is 6.75. The van der Waals surface area contributed by atoms with Gasteiger partial charge in [0.2, 0.25) is 0 Å². The zero-order chi connectivity index (χ0) is 14.7. The molecule has 21 heavy (non-hydrogen) atoms. The fraction of sp³-hybridized carbons (Fsp3) is 0.722. The number of nitrogens with one attached hydrogen (secondary N) is 1. The Balaban J connectivity index is 1.81. The number of nitrogens with zero attached hydrogens (tertiary/aromatic N) is 2. The van der Waals surface area contributed by atoms with Crippen LogP contribution in [0, 0.1) is 5.92 Å². The van der Waals surface area contributed by atoms with Gasteiger partial charge in [-0.3, -0.25) is 0 Å². The third-order valence-electron chi connectivity index (χ3n) is 5.27. The quantitative estimate of drug-likeness (QED) is 0.890. The molecule has 3 unspecified atom stereocenters. The zero-order valence-corrected chi connectivity index (χ0v) is 13.5. The lowest BCUT2D eigenvalue weighted by Gasteiger charge is -2.34. The number of hydrogen-bond donors (Lipinski definition) is 1. The van der Waals surface area contributed by atoms with E-state index in [0.29, 0.717) is 6.04 Å². The van der Waals surface area contributed by atoms with Gasteiger partial charge in [-0.15, -0.1) is 0 Å². The van der Waals surface area contributed by atoms with E-state index in [1.54, 1.807) is 0 Å². The van der Waals surface area contributed by atoms with E-state index in [2.05, 4.69) is 36.2 Å². The summed E-state index contributed by atoms with van der Waals surface area (Å²) in [5, 5.41) is 3.62. The Morgan fingerprint density at radius 1 is 1.33 bits per heavy atom. The van der Waals surface area contributed by atoms with E-state index in [9.17, 15) is 0 Å². The van der Waals surface area contributed by atoms with Crippen molar-refractivity contribution in [3.8, 4) is 0 Å². The standard InChI is InChI=1S/C18H29N3/c1-3-11-19-14(2)16-8-6-12-20-18(16)21-13-10-15-7-4-5-9-17(15)21/h6,8,12,14-15,17,19H,3-5,7,9-11,13H2,1-2H3. The van der Waals surface area contributed by atoms with Crippen molar-refractivity contribution < 1.29 is 0 Å². The Morgan fingerprint density at radius 2 is 2.19 bits per heavy atom. The summed E-state index contributed by atoms with van der Waals surface area (Å²) in [5.41, 5.74) is 1.37. The second kappa shape index (κ2) is 6.78. The summed E-state index contributed by atoms with van der Waals surface area (Å²) in [6.07, 6.45) is 10.1. The summed E-state index contributed by atoms with van der Waals surface area (Å²) in [7, 11) is 0. The first kappa shape index (κ1) is 14.8. The second-order valence-corrected chi connectivity index (χ2v) is 6.69.